The highest BCUT2D eigenvalue weighted by Crippen LogP contribution is 2.34. The highest BCUT2D eigenvalue weighted by molar-refractivity contribution is 6.30. The first-order valence-electron chi connectivity index (χ1n) is 7.13. The van der Waals surface area contributed by atoms with E-state index in [0.29, 0.717) is 12.6 Å². The maximum absolute atomic E-state index is 9.25. The molecule has 19 heavy (non-hydrogen) atoms. The third-order valence-electron chi connectivity index (χ3n) is 3.42. The van der Waals surface area contributed by atoms with Gasteiger partial charge in [-0.15, -0.1) is 0 Å². The Bertz CT molecular complexity index is 407. The Morgan fingerprint density at radius 1 is 1.42 bits per heavy atom. The molecule has 0 radical (unpaired) electrons. The van der Waals surface area contributed by atoms with E-state index in [-0.39, 0.29) is 6.61 Å². The van der Waals surface area contributed by atoms with Gasteiger partial charge in [-0.1, -0.05) is 18.5 Å². The van der Waals surface area contributed by atoms with Crippen molar-refractivity contribution < 1.29 is 5.11 Å². The average Bonchev–Trinajstić information content (AvgIpc) is 3.21. The molecule has 106 valence electrons. The molecule has 0 aromatic heterocycles. The lowest BCUT2D eigenvalue weighted by Crippen LogP contribution is -2.30. The zero-order chi connectivity index (χ0) is 13.7. The monoisotopic (exact) mass is 282 g/mol. The van der Waals surface area contributed by atoms with E-state index in [1.807, 2.05) is 12.1 Å². The van der Waals surface area contributed by atoms with Crippen LogP contribution in [0.4, 0.5) is 5.69 Å². The zero-order valence-electron chi connectivity index (χ0n) is 11.5. The van der Waals surface area contributed by atoms with Gasteiger partial charge in [0.15, 0.2) is 0 Å². The molecule has 1 aliphatic rings. The summed E-state index contributed by atoms with van der Waals surface area (Å²) >= 11 is 6.11. The highest BCUT2D eigenvalue weighted by Gasteiger charge is 2.29. The molecule has 1 saturated carbocycles. The maximum atomic E-state index is 9.25. The van der Waals surface area contributed by atoms with Crippen LogP contribution < -0.4 is 10.2 Å². The number of nitrogens with zero attached hydrogens (tertiary/aromatic N) is 1. The second kappa shape index (κ2) is 7.13. The largest absolute Gasteiger partial charge is 0.395 e. The molecule has 0 saturated heterocycles. The Kier molecular flexibility index (Phi) is 5.49. The summed E-state index contributed by atoms with van der Waals surface area (Å²) in [5.74, 6) is 0. The van der Waals surface area contributed by atoms with Crippen LogP contribution in [0.2, 0.25) is 5.02 Å². The second-order valence-corrected chi connectivity index (χ2v) is 5.53. The summed E-state index contributed by atoms with van der Waals surface area (Å²) in [4.78, 5) is 2.32. The molecule has 0 amide bonds. The number of aliphatic hydroxyl groups is 1. The van der Waals surface area contributed by atoms with Gasteiger partial charge in [0.1, 0.15) is 0 Å². The summed E-state index contributed by atoms with van der Waals surface area (Å²) in [5.41, 5.74) is 2.44. The van der Waals surface area contributed by atoms with Gasteiger partial charge >= 0.3 is 0 Å². The second-order valence-electron chi connectivity index (χ2n) is 5.10. The van der Waals surface area contributed by atoms with Gasteiger partial charge in [-0.2, -0.15) is 0 Å². The van der Waals surface area contributed by atoms with Crippen molar-refractivity contribution in [2.45, 2.75) is 38.8 Å². The molecule has 0 spiro atoms. The summed E-state index contributed by atoms with van der Waals surface area (Å²) in [6.07, 6.45) is 3.58. The third-order valence-corrected chi connectivity index (χ3v) is 3.66. The van der Waals surface area contributed by atoms with Gasteiger partial charge in [0, 0.05) is 29.8 Å². The Morgan fingerprint density at radius 3 is 2.84 bits per heavy atom. The highest BCUT2D eigenvalue weighted by atomic mass is 35.5. The minimum atomic E-state index is 0.195. The van der Waals surface area contributed by atoms with Gasteiger partial charge < -0.3 is 15.3 Å². The van der Waals surface area contributed by atoms with Crippen LogP contribution in [0, 0.1) is 0 Å². The molecule has 1 fully saturated rings. The lowest BCUT2D eigenvalue weighted by molar-refractivity contribution is 0.301. The first-order chi connectivity index (χ1) is 9.26. The normalized spacial score (nSPS) is 14.7. The first kappa shape index (κ1) is 14.6. The minimum absolute atomic E-state index is 0.195. The van der Waals surface area contributed by atoms with Crippen LogP contribution in [0.1, 0.15) is 31.7 Å². The van der Waals surface area contributed by atoms with E-state index in [2.05, 4.69) is 23.2 Å². The van der Waals surface area contributed by atoms with Crippen LogP contribution in [-0.4, -0.2) is 30.8 Å². The van der Waals surface area contributed by atoms with E-state index < -0.39 is 0 Å². The average molecular weight is 283 g/mol. The molecule has 2 N–H and O–H groups in total. The number of rotatable bonds is 8. The van der Waals surface area contributed by atoms with Crippen LogP contribution in [0.25, 0.3) is 0 Å². The number of hydrogen-bond donors (Lipinski definition) is 2. The quantitative estimate of drug-likeness (QED) is 0.720. The van der Waals surface area contributed by atoms with Crippen LogP contribution in [0.15, 0.2) is 18.2 Å². The van der Waals surface area contributed by atoms with Crippen LogP contribution in [0.5, 0.6) is 0 Å². The van der Waals surface area contributed by atoms with Gasteiger partial charge in [-0.3, -0.25) is 0 Å². The van der Waals surface area contributed by atoms with Crippen LogP contribution in [0.3, 0.4) is 0 Å². The molecule has 3 nitrogen and oxygen atoms in total. The molecule has 0 atom stereocenters. The molecule has 0 bridgehead atoms. The van der Waals surface area contributed by atoms with Gasteiger partial charge in [0.05, 0.1) is 6.61 Å². The van der Waals surface area contributed by atoms with Crippen LogP contribution >= 0.6 is 11.6 Å². The summed E-state index contributed by atoms with van der Waals surface area (Å²) < 4.78 is 0. The number of halogens is 1. The zero-order valence-corrected chi connectivity index (χ0v) is 12.3. The Balaban J connectivity index is 2.16. The summed E-state index contributed by atoms with van der Waals surface area (Å²) in [7, 11) is 0. The van der Waals surface area contributed by atoms with Crippen LogP contribution in [-0.2, 0) is 6.54 Å². The number of nitrogens with one attached hydrogen (secondary N) is 1. The predicted molar refractivity (Wildman–Crippen MR) is 80.9 cm³/mol. The number of anilines is 1. The van der Waals surface area contributed by atoms with Gasteiger partial charge in [-0.25, -0.2) is 0 Å². The van der Waals surface area contributed by atoms with Crippen molar-refractivity contribution in [3.05, 3.63) is 28.8 Å². The number of benzene rings is 1. The predicted octanol–water partition coefficient (Wildman–Crippen LogP) is 2.80. The minimum Gasteiger partial charge on any atom is -0.395 e. The molecule has 1 aromatic rings. The standard InChI is InChI=1S/C15H23ClN2O/c1-2-7-17-11-12-10-13(16)3-6-15(12)18(8-9-19)14-4-5-14/h3,6,10,14,17,19H,2,4-5,7-9,11H2,1H3. The summed E-state index contributed by atoms with van der Waals surface area (Å²) in [5, 5.41) is 13.5. The molecular formula is C15H23ClN2O. The molecule has 4 heteroatoms. The fourth-order valence-electron chi connectivity index (χ4n) is 2.37. The molecule has 0 unspecified atom stereocenters. The number of aliphatic hydroxyl groups excluding tert-OH is 1. The lowest BCUT2D eigenvalue weighted by Gasteiger charge is -2.26. The van der Waals surface area contributed by atoms with E-state index in [0.717, 1.165) is 24.5 Å². The molecular weight excluding hydrogens is 260 g/mol. The molecule has 1 aliphatic carbocycles. The Morgan fingerprint density at radius 2 is 2.21 bits per heavy atom. The first-order valence-corrected chi connectivity index (χ1v) is 7.50. The Hall–Kier alpha value is -0.770. The fourth-order valence-corrected chi connectivity index (χ4v) is 2.56. The maximum Gasteiger partial charge on any atom is 0.0606 e. The smallest absolute Gasteiger partial charge is 0.0606 e. The van der Waals surface area contributed by atoms with E-state index in [9.17, 15) is 5.11 Å². The Labute approximate surface area is 120 Å². The number of hydrogen-bond acceptors (Lipinski definition) is 3. The van der Waals surface area contributed by atoms with Gasteiger partial charge in [0.2, 0.25) is 0 Å². The molecule has 0 heterocycles. The lowest BCUT2D eigenvalue weighted by atomic mass is 10.1. The topological polar surface area (TPSA) is 35.5 Å². The van der Waals surface area contributed by atoms with Crippen molar-refractivity contribution >= 4 is 17.3 Å². The van der Waals surface area contributed by atoms with Gasteiger partial charge in [0.25, 0.3) is 0 Å². The van der Waals surface area contributed by atoms with E-state index in [1.165, 1.54) is 24.1 Å². The van der Waals surface area contributed by atoms with Crippen molar-refractivity contribution in [3.63, 3.8) is 0 Å². The fraction of sp³-hybridized carbons (Fsp3) is 0.600. The summed E-state index contributed by atoms with van der Waals surface area (Å²) in [6.45, 7) is 4.90. The van der Waals surface area contributed by atoms with Crippen molar-refractivity contribution in [2.75, 3.05) is 24.6 Å². The van der Waals surface area contributed by atoms with Gasteiger partial charge in [-0.05, 0) is 49.6 Å². The molecule has 2 rings (SSSR count). The van der Waals surface area contributed by atoms with E-state index in [1.54, 1.807) is 0 Å². The van der Waals surface area contributed by atoms with Crippen molar-refractivity contribution in [3.8, 4) is 0 Å². The van der Waals surface area contributed by atoms with E-state index in [4.69, 9.17) is 11.6 Å². The SMILES string of the molecule is CCCNCc1cc(Cl)ccc1N(CCO)C1CC1. The molecule has 0 aliphatic heterocycles. The van der Waals surface area contributed by atoms with Crippen molar-refractivity contribution in [2.24, 2.45) is 0 Å². The third kappa shape index (κ3) is 4.10. The van der Waals surface area contributed by atoms with E-state index >= 15 is 0 Å². The van der Waals surface area contributed by atoms with Crippen molar-refractivity contribution in [1.82, 2.24) is 5.32 Å². The molecule has 1 aromatic carbocycles. The summed E-state index contributed by atoms with van der Waals surface area (Å²) in [6, 6.07) is 6.65. The van der Waals surface area contributed by atoms with Crippen molar-refractivity contribution in [1.29, 1.82) is 0 Å².